The Morgan fingerprint density at radius 3 is 2.24 bits per heavy atom. The molecule has 4 saturated carbocycles. The predicted octanol–water partition coefficient (Wildman–Crippen LogP) is 3.66. The highest BCUT2D eigenvalue weighted by Gasteiger charge is 2.51. The first-order valence-corrected chi connectivity index (χ1v) is 8.59. The molecule has 0 spiro atoms. The zero-order valence-corrected chi connectivity index (χ0v) is 13.9. The summed E-state index contributed by atoms with van der Waals surface area (Å²) in [6.45, 7) is 0. The van der Waals surface area contributed by atoms with Crippen molar-refractivity contribution in [2.75, 3.05) is 12.4 Å². The standard InChI is InChI=1S/C17H20F3N3O2/c1-25-14(24)12-8-21-15(22-13(12)17(18,19)20)23-16-5-9-2-10(6-16)4-11(3-9)7-16/h8-11H,2-7H2,1H3,(H,21,22,23). The fraction of sp³-hybridized carbons (Fsp3) is 0.706. The summed E-state index contributed by atoms with van der Waals surface area (Å²) in [5.41, 5.74) is -2.11. The Morgan fingerprint density at radius 1 is 1.20 bits per heavy atom. The SMILES string of the molecule is COC(=O)c1cnc(NC23CC4CC(CC(C4)C2)C3)nc1C(F)(F)F. The quantitative estimate of drug-likeness (QED) is 0.839. The summed E-state index contributed by atoms with van der Waals surface area (Å²) in [6.07, 6.45) is 2.74. The number of carbonyl (C=O) groups is 1. The largest absolute Gasteiger partial charge is 0.465 e. The number of carbonyl (C=O) groups excluding carboxylic acids is 1. The molecule has 25 heavy (non-hydrogen) atoms. The summed E-state index contributed by atoms with van der Waals surface area (Å²) in [4.78, 5) is 19.2. The molecule has 4 bridgehead atoms. The van der Waals surface area contributed by atoms with E-state index >= 15 is 0 Å². The highest BCUT2D eigenvalue weighted by Crippen LogP contribution is 2.56. The fourth-order valence-electron chi connectivity index (χ4n) is 5.42. The monoisotopic (exact) mass is 355 g/mol. The predicted molar refractivity (Wildman–Crippen MR) is 82.9 cm³/mol. The van der Waals surface area contributed by atoms with Crippen molar-refractivity contribution < 1.29 is 22.7 Å². The van der Waals surface area contributed by atoms with Crippen LogP contribution >= 0.6 is 0 Å². The average molecular weight is 355 g/mol. The number of hydrogen-bond acceptors (Lipinski definition) is 5. The first kappa shape index (κ1) is 16.6. The zero-order valence-electron chi connectivity index (χ0n) is 13.9. The molecule has 8 heteroatoms. The number of ether oxygens (including phenoxy) is 1. The average Bonchev–Trinajstić information content (AvgIpc) is 2.51. The maximum Gasteiger partial charge on any atom is 0.434 e. The van der Waals surface area contributed by atoms with Crippen molar-refractivity contribution in [3.8, 4) is 0 Å². The second kappa shape index (κ2) is 5.57. The third-order valence-corrected chi connectivity index (χ3v) is 5.88. The fourth-order valence-corrected chi connectivity index (χ4v) is 5.42. The zero-order chi connectivity index (χ0) is 17.8. The third kappa shape index (κ3) is 2.95. The molecule has 0 unspecified atom stereocenters. The van der Waals surface area contributed by atoms with Crippen LogP contribution in [0.1, 0.15) is 54.6 Å². The molecule has 0 radical (unpaired) electrons. The lowest BCUT2D eigenvalue weighted by atomic mass is 9.53. The van der Waals surface area contributed by atoms with Crippen LogP contribution in [0.3, 0.4) is 0 Å². The van der Waals surface area contributed by atoms with Crippen LogP contribution in [-0.4, -0.2) is 28.6 Å². The molecule has 4 aliphatic rings. The van der Waals surface area contributed by atoms with Gasteiger partial charge in [-0.1, -0.05) is 0 Å². The Labute approximate surface area is 143 Å². The smallest absolute Gasteiger partial charge is 0.434 e. The van der Waals surface area contributed by atoms with Crippen LogP contribution in [0.2, 0.25) is 0 Å². The summed E-state index contributed by atoms with van der Waals surface area (Å²) in [7, 11) is 1.03. The summed E-state index contributed by atoms with van der Waals surface area (Å²) >= 11 is 0. The first-order chi connectivity index (χ1) is 11.8. The molecule has 4 fully saturated rings. The molecule has 5 nitrogen and oxygen atoms in total. The summed E-state index contributed by atoms with van der Waals surface area (Å²) in [6, 6.07) is 0. The number of aromatic nitrogens is 2. The van der Waals surface area contributed by atoms with Crippen LogP contribution in [0.4, 0.5) is 19.1 Å². The molecular weight excluding hydrogens is 335 g/mol. The van der Waals surface area contributed by atoms with Gasteiger partial charge in [0, 0.05) is 11.7 Å². The topological polar surface area (TPSA) is 64.1 Å². The minimum absolute atomic E-state index is 0.0538. The highest BCUT2D eigenvalue weighted by atomic mass is 19.4. The molecule has 5 rings (SSSR count). The molecule has 1 aromatic rings. The van der Waals surface area contributed by atoms with Crippen LogP contribution in [0.25, 0.3) is 0 Å². The molecule has 4 aliphatic carbocycles. The number of nitrogens with one attached hydrogen (secondary N) is 1. The number of anilines is 1. The minimum Gasteiger partial charge on any atom is -0.465 e. The molecule has 0 aromatic carbocycles. The van der Waals surface area contributed by atoms with E-state index in [4.69, 9.17) is 0 Å². The first-order valence-electron chi connectivity index (χ1n) is 8.59. The van der Waals surface area contributed by atoms with E-state index in [2.05, 4.69) is 20.0 Å². The van der Waals surface area contributed by atoms with Gasteiger partial charge in [0.1, 0.15) is 5.56 Å². The normalized spacial score (nSPS) is 33.4. The van der Waals surface area contributed by atoms with E-state index in [0.29, 0.717) is 17.8 Å². The Kier molecular flexibility index (Phi) is 3.70. The number of halogens is 3. The molecule has 0 aliphatic heterocycles. The van der Waals surface area contributed by atoms with E-state index in [1.54, 1.807) is 0 Å². The third-order valence-electron chi connectivity index (χ3n) is 5.88. The van der Waals surface area contributed by atoms with Crippen LogP contribution in [-0.2, 0) is 10.9 Å². The van der Waals surface area contributed by atoms with Gasteiger partial charge in [-0.2, -0.15) is 13.2 Å². The Morgan fingerprint density at radius 2 is 1.76 bits per heavy atom. The molecule has 136 valence electrons. The second-order valence-electron chi connectivity index (χ2n) is 7.77. The van der Waals surface area contributed by atoms with Gasteiger partial charge in [-0.15, -0.1) is 0 Å². The van der Waals surface area contributed by atoms with Crippen molar-refractivity contribution in [1.82, 2.24) is 9.97 Å². The van der Waals surface area contributed by atoms with Gasteiger partial charge in [-0.3, -0.25) is 0 Å². The van der Waals surface area contributed by atoms with Crippen LogP contribution in [0.5, 0.6) is 0 Å². The number of esters is 1. The van der Waals surface area contributed by atoms with E-state index < -0.39 is 23.4 Å². The van der Waals surface area contributed by atoms with Crippen molar-refractivity contribution in [1.29, 1.82) is 0 Å². The van der Waals surface area contributed by atoms with Crippen LogP contribution in [0.15, 0.2) is 6.20 Å². The van der Waals surface area contributed by atoms with Crippen LogP contribution in [0, 0.1) is 17.8 Å². The lowest BCUT2D eigenvalue weighted by Crippen LogP contribution is -2.55. The van der Waals surface area contributed by atoms with Gasteiger partial charge in [0.05, 0.1) is 7.11 Å². The lowest BCUT2D eigenvalue weighted by molar-refractivity contribution is -0.141. The Bertz CT molecular complexity index is 670. The highest BCUT2D eigenvalue weighted by molar-refractivity contribution is 5.90. The van der Waals surface area contributed by atoms with E-state index in [-0.39, 0.29) is 11.5 Å². The maximum atomic E-state index is 13.3. The van der Waals surface area contributed by atoms with Crippen molar-refractivity contribution in [2.45, 2.75) is 50.2 Å². The van der Waals surface area contributed by atoms with Gasteiger partial charge in [-0.05, 0) is 56.3 Å². The van der Waals surface area contributed by atoms with Crippen molar-refractivity contribution in [3.05, 3.63) is 17.5 Å². The summed E-state index contributed by atoms with van der Waals surface area (Å²) < 4.78 is 44.3. The Balaban J connectivity index is 1.64. The Hall–Kier alpha value is -1.86. The molecule has 0 amide bonds. The maximum absolute atomic E-state index is 13.3. The number of alkyl halides is 3. The van der Waals surface area contributed by atoms with Crippen LogP contribution < -0.4 is 5.32 Å². The van der Waals surface area contributed by atoms with Gasteiger partial charge >= 0.3 is 12.1 Å². The molecule has 0 saturated heterocycles. The molecule has 1 heterocycles. The van der Waals surface area contributed by atoms with Gasteiger partial charge in [0.25, 0.3) is 0 Å². The molecule has 0 atom stereocenters. The van der Waals surface area contributed by atoms with Gasteiger partial charge in [0.15, 0.2) is 5.69 Å². The van der Waals surface area contributed by atoms with E-state index in [1.807, 2.05) is 0 Å². The van der Waals surface area contributed by atoms with Crippen molar-refractivity contribution in [3.63, 3.8) is 0 Å². The van der Waals surface area contributed by atoms with Gasteiger partial charge in [-0.25, -0.2) is 14.8 Å². The van der Waals surface area contributed by atoms with E-state index in [9.17, 15) is 18.0 Å². The van der Waals surface area contributed by atoms with Gasteiger partial charge < -0.3 is 10.1 Å². The molecule has 1 aromatic heterocycles. The number of nitrogens with zero attached hydrogens (tertiary/aromatic N) is 2. The summed E-state index contributed by atoms with van der Waals surface area (Å²) in [5, 5.41) is 3.21. The number of rotatable bonds is 3. The lowest BCUT2D eigenvalue weighted by Gasteiger charge is -2.56. The summed E-state index contributed by atoms with van der Waals surface area (Å²) in [5.74, 6) is 0.802. The van der Waals surface area contributed by atoms with Crippen molar-refractivity contribution >= 4 is 11.9 Å². The molecule has 1 N–H and O–H groups in total. The van der Waals surface area contributed by atoms with E-state index in [1.165, 1.54) is 19.3 Å². The number of methoxy groups -OCH3 is 1. The number of hydrogen-bond donors (Lipinski definition) is 1. The second-order valence-corrected chi connectivity index (χ2v) is 7.77. The van der Waals surface area contributed by atoms with Gasteiger partial charge in [0.2, 0.25) is 5.95 Å². The minimum atomic E-state index is -4.75. The molecular formula is C17H20F3N3O2. The van der Waals surface area contributed by atoms with Crippen molar-refractivity contribution in [2.24, 2.45) is 17.8 Å². The van der Waals surface area contributed by atoms with E-state index in [0.717, 1.165) is 32.6 Å².